The molecule has 1 amide bonds. The normalized spacial score (nSPS) is 15.0. The third-order valence-corrected chi connectivity index (χ3v) is 8.28. The third kappa shape index (κ3) is 4.32. The number of rotatable bonds is 5. The van der Waals surface area contributed by atoms with Crippen molar-refractivity contribution in [3.05, 3.63) is 84.1 Å². The molecule has 0 spiro atoms. The average molecular weight is 480 g/mol. The second-order valence-electron chi connectivity index (χ2n) is 7.56. The number of aromatic nitrogens is 3. The van der Waals surface area contributed by atoms with Crippen LogP contribution < -0.4 is 0 Å². The quantitative estimate of drug-likeness (QED) is 0.439. The van der Waals surface area contributed by atoms with Gasteiger partial charge in [-0.15, -0.1) is 11.3 Å². The Hall–Kier alpha value is -3.34. The predicted octanol–water partition coefficient (Wildman–Crippen LogP) is 3.14. The van der Waals surface area contributed by atoms with E-state index < -0.39 is 10.0 Å². The summed E-state index contributed by atoms with van der Waals surface area (Å²) in [6.45, 7) is 1.15. The smallest absolute Gasteiger partial charge is 0.273 e. The topological polar surface area (TPSA) is 88.4 Å². The number of thiazole rings is 1. The van der Waals surface area contributed by atoms with Crippen LogP contribution in [0.2, 0.25) is 0 Å². The first-order valence-electron chi connectivity index (χ1n) is 10.4. The van der Waals surface area contributed by atoms with Crippen molar-refractivity contribution in [2.24, 2.45) is 0 Å². The van der Waals surface area contributed by atoms with E-state index in [4.69, 9.17) is 0 Å². The van der Waals surface area contributed by atoms with E-state index >= 15 is 0 Å². The molecule has 8 nitrogen and oxygen atoms in total. The monoisotopic (exact) mass is 479 g/mol. The molecule has 0 saturated carbocycles. The number of piperazine rings is 1. The highest BCUT2D eigenvalue weighted by atomic mass is 32.2. The summed E-state index contributed by atoms with van der Waals surface area (Å²) in [5, 5.41) is 6.84. The molecule has 2 aromatic carbocycles. The summed E-state index contributed by atoms with van der Waals surface area (Å²) in [4.78, 5) is 19.4. The fraction of sp³-hybridized carbons (Fsp3) is 0.174. The van der Waals surface area contributed by atoms with Crippen LogP contribution in [0, 0.1) is 0 Å². The third-order valence-electron chi connectivity index (χ3n) is 5.48. The molecule has 5 rings (SSSR count). The minimum absolute atomic E-state index is 0.190. The Morgan fingerprint density at radius 2 is 1.58 bits per heavy atom. The van der Waals surface area contributed by atoms with Gasteiger partial charge in [0.15, 0.2) is 0 Å². The van der Waals surface area contributed by atoms with E-state index in [9.17, 15) is 13.2 Å². The minimum atomic E-state index is -3.56. The summed E-state index contributed by atoms with van der Waals surface area (Å²) in [5.41, 5.74) is 2.14. The van der Waals surface area contributed by atoms with Crippen LogP contribution in [-0.4, -0.2) is 64.5 Å². The van der Waals surface area contributed by atoms with Crippen LogP contribution in [-0.2, 0) is 10.0 Å². The highest BCUT2D eigenvalue weighted by Gasteiger charge is 2.31. The van der Waals surface area contributed by atoms with Crippen molar-refractivity contribution in [1.29, 1.82) is 0 Å². The fourth-order valence-electron chi connectivity index (χ4n) is 3.69. The van der Waals surface area contributed by atoms with Crippen LogP contribution in [0.3, 0.4) is 0 Å². The molecule has 0 bridgehead atoms. The van der Waals surface area contributed by atoms with Gasteiger partial charge in [0, 0.05) is 43.3 Å². The number of sulfonamides is 1. The molecule has 0 radical (unpaired) electrons. The second-order valence-corrected chi connectivity index (χ2v) is 10.4. The molecule has 168 valence electrons. The van der Waals surface area contributed by atoms with E-state index in [1.54, 1.807) is 51.5 Å². The van der Waals surface area contributed by atoms with Gasteiger partial charge in [0.1, 0.15) is 10.7 Å². The molecule has 4 aromatic rings. The number of hydrogen-bond acceptors (Lipinski definition) is 6. The molecule has 1 saturated heterocycles. The predicted molar refractivity (Wildman–Crippen MR) is 126 cm³/mol. The lowest BCUT2D eigenvalue weighted by Gasteiger charge is -2.33. The number of carbonyl (C=O) groups excluding carboxylic acids is 1. The van der Waals surface area contributed by atoms with Gasteiger partial charge in [0.2, 0.25) is 10.0 Å². The first-order valence-corrected chi connectivity index (χ1v) is 12.7. The van der Waals surface area contributed by atoms with Crippen molar-refractivity contribution in [3.8, 4) is 16.3 Å². The van der Waals surface area contributed by atoms with Gasteiger partial charge in [-0.2, -0.15) is 9.40 Å². The van der Waals surface area contributed by atoms with E-state index in [-0.39, 0.29) is 23.9 Å². The van der Waals surface area contributed by atoms with Crippen LogP contribution in [0.1, 0.15) is 10.5 Å². The number of carbonyl (C=O) groups is 1. The van der Waals surface area contributed by atoms with E-state index in [1.165, 1.54) is 15.6 Å². The Labute approximate surface area is 195 Å². The maximum atomic E-state index is 13.0. The van der Waals surface area contributed by atoms with Gasteiger partial charge in [-0.25, -0.2) is 18.1 Å². The standard InChI is InChI=1S/C23H21N5O3S2/c29-23(26-11-13-27(14-12-26)33(30,31)20-9-5-2-6-10-20)21-17-32-22(25-21)18-15-24-28(16-18)19-7-3-1-4-8-19/h1-10,15-17H,11-14H2. The molecular formula is C23H21N5O3S2. The summed E-state index contributed by atoms with van der Waals surface area (Å²) in [6, 6.07) is 18.1. The molecule has 1 aliphatic rings. The number of amides is 1. The van der Waals surface area contributed by atoms with Crippen LogP contribution in [0.5, 0.6) is 0 Å². The number of hydrogen-bond donors (Lipinski definition) is 0. The first kappa shape index (κ1) is 21.5. The molecule has 0 unspecified atom stereocenters. The van der Waals surface area contributed by atoms with Crippen molar-refractivity contribution in [2.45, 2.75) is 4.90 Å². The zero-order valence-corrected chi connectivity index (χ0v) is 19.2. The zero-order valence-electron chi connectivity index (χ0n) is 17.6. The Kier molecular flexibility index (Phi) is 5.79. The zero-order chi connectivity index (χ0) is 22.8. The Morgan fingerprint density at radius 3 is 2.27 bits per heavy atom. The van der Waals surface area contributed by atoms with E-state index in [0.717, 1.165) is 11.3 Å². The molecular weight excluding hydrogens is 458 g/mol. The van der Waals surface area contributed by atoms with E-state index in [2.05, 4.69) is 10.1 Å². The minimum Gasteiger partial charge on any atom is -0.335 e. The van der Waals surface area contributed by atoms with Crippen LogP contribution in [0.4, 0.5) is 0 Å². The van der Waals surface area contributed by atoms with Crippen LogP contribution >= 0.6 is 11.3 Å². The Morgan fingerprint density at radius 1 is 0.909 bits per heavy atom. The summed E-state index contributed by atoms with van der Waals surface area (Å²) in [5.74, 6) is -0.190. The SMILES string of the molecule is O=C(c1csc(-c2cnn(-c3ccccc3)c2)n1)N1CCN(S(=O)(=O)c2ccccc2)CC1. The highest BCUT2D eigenvalue weighted by Crippen LogP contribution is 2.25. The number of benzene rings is 2. The molecule has 10 heteroatoms. The summed E-state index contributed by atoms with van der Waals surface area (Å²) in [7, 11) is -3.56. The summed E-state index contributed by atoms with van der Waals surface area (Å²) < 4.78 is 28.8. The molecule has 0 aliphatic carbocycles. The lowest BCUT2D eigenvalue weighted by atomic mass is 10.3. The molecule has 0 N–H and O–H groups in total. The highest BCUT2D eigenvalue weighted by molar-refractivity contribution is 7.89. The van der Waals surface area contributed by atoms with Crippen molar-refractivity contribution >= 4 is 27.3 Å². The van der Waals surface area contributed by atoms with Gasteiger partial charge in [0.05, 0.1) is 16.8 Å². The lowest BCUT2D eigenvalue weighted by molar-refractivity contribution is 0.0693. The molecule has 1 fully saturated rings. The van der Waals surface area contributed by atoms with Gasteiger partial charge in [-0.3, -0.25) is 4.79 Å². The van der Waals surface area contributed by atoms with Gasteiger partial charge in [-0.05, 0) is 24.3 Å². The summed E-state index contributed by atoms with van der Waals surface area (Å²) >= 11 is 1.39. The average Bonchev–Trinajstić information content (AvgIpc) is 3.55. The van der Waals surface area contributed by atoms with Crippen LogP contribution in [0.25, 0.3) is 16.3 Å². The molecule has 1 aliphatic heterocycles. The molecule has 0 atom stereocenters. The van der Waals surface area contributed by atoms with Crippen molar-refractivity contribution in [3.63, 3.8) is 0 Å². The maximum Gasteiger partial charge on any atom is 0.273 e. The van der Waals surface area contributed by atoms with Crippen molar-refractivity contribution in [2.75, 3.05) is 26.2 Å². The first-order chi connectivity index (χ1) is 16.0. The van der Waals surface area contributed by atoms with Gasteiger partial charge in [0.25, 0.3) is 5.91 Å². The molecule has 2 aromatic heterocycles. The Balaban J connectivity index is 1.25. The van der Waals surface area contributed by atoms with Crippen molar-refractivity contribution < 1.29 is 13.2 Å². The fourth-order valence-corrected chi connectivity index (χ4v) is 5.91. The molecule has 33 heavy (non-hydrogen) atoms. The maximum absolute atomic E-state index is 13.0. The van der Waals surface area contributed by atoms with Gasteiger partial charge in [-0.1, -0.05) is 36.4 Å². The van der Waals surface area contributed by atoms with Gasteiger partial charge >= 0.3 is 0 Å². The Bertz CT molecular complexity index is 1360. The largest absolute Gasteiger partial charge is 0.335 e. The van der Waals surface area contributed by atoms with E-state index in [0.29, 0.717) is 23.8 Å². The van der Waals surface area contributed by atoms with E-state index in [1.807, 2.05) is 36.5 Å². The number of para-hydroxylation sites is 1. The second kappa shape index (κ2) is 8.89. The van der Waals surface area contributed by atoms with Gasteiger partial charge < -0.3 is 4.90 Å². The summed E-state index contributed by atoms with van der Waals surface area (Å²) in [6.07, 6.45) is 3.61. The van der Waals surface area contributed by atoms with Crippen LogP contribution in [0.15, 0.2) is 83.3 Å². The number of nitrogens with zero attached hydrogens (tertiary/aromatic N) is 5. The molecule has 3 heterocycles. The lowest BCUT2D eigenvalue weighted by Crippen LogP contribution is -2.50. The van der Waals surface area contributed by atoms with Crippen molar-refractivity contribution in [1.82, 2.24) is 24.0 Å².